The molecule has 0 aliphatic carbocycles. The maximum atomic E-state index is 5.37. The minimum absolute atomic E-state index is 0.777. The minimum Gasteiger partial charge on any atom is -0.345 e. The molecule has 1 aromatic heterocycles. The molecule has 0 amide bonds. The van der Waals surface area contributed by atoms with Crippen LogP contribution in [0.5, 0.6) is 0 Å². The van der Waals surface area contributed by atoms with Crippen LogP contribution in [0, 0.1) is 11.6 Å². The van der Waals surface area contributed by atoms with Gasteiger partial charge in [0.15, 0.2) is 0 Å². The van der Waals surface area contributed by atoms with Gasteiger partial charge in [0.25, 0.3) is 0 Å². The Morgan fingerprint density at radius 1 is 1.37 bits per heavy atom. The average molecular weight is 306 g/mol. The van der Waals surface area contributed by atoms with Crippen LogP contribution in [0.4, 0.5) is 0 Å². The Labute approximate surface area is 126 Å². The Balaban J connectivity index is 1.80. The lowest BCUT2D eigenvalue weighted by atomic mass is 10.2. The van der Waals surface area contributed by atoms with Crippen LogP contribution in [0.25, 0.3) is 0 Å². The van der Waals surface area contributed by atoms with Crippen molar-refractivity contribution in [1.82, 2.24) is 9.97 Å². The number of rotatable bonds is 3. The molecule has 0 radical (unpaired) electrons. The molecule has 0 spiro atoms. The third-order valence-electron chi connectivity index (χ3n) is 3.10. The van der Waals surface area contributed by atoms with Gasteiger partial charge in [-0.15, -0.1) is 11.8 Å². The maximum Gasteiger partial charge on any atom is 0.134 e. The summed E-state index contributed by atoms with van der Waals surface area (Å²) in [6.07, 6.45) is 0. The van der Waals surface area contributed by atoms with Crippen LogP contribution in [-0.4, -0.2) is 9.97 Å². The molecule has 5 heteroatoms. The summed E-state index contributed by atoms with van der Waals surface area (Å²) in [4.78, 5) is 9.25. The van der Waals surface area contributed by atoms with Gasteiger partial charge in [-0.1, -0.05) is 30.4 Å². The second kappa shape index (κ2) is 5.69. The monoisotopic (exact) mass is 306 g/mol. The normalized spacial score (nSPS) is 13.5. The highest BCUT2D eigenvalue weighted by atomic mass is 32.2. The van der Waals surface area contributed by atoms with Crippen molar-refractivity contribution in [2.75, 3.05) is 0 Å². The number of benzene rings is 1. The highest BCUT2D eigenvalue weighted by Crippen LogP contribution is 2.30. The molecule has 2 heterocycles. The molecule has 0 saturated carbocycles. The molecule has 19 heavy (non-hydrogen) atoms. The number of nitrogens with one attached hydrogen (secondary N) is 1. The summed E-state index contributed by atoms with van der Waals surface area (Å²) in [6, 6.07) is 8.43. The van der Waals surface area contributed by atoms with Crippen molar-refractivity contribution in [3.63, 3.8) is 0 Å². The molecular weight excluding hydrogens is 292 g/mol. The van der Waals surface area contributed by atoms with Crippen LogP contribution in [0.3, 0.4) is 0 Å². The summed E-state index contributed by atoms with van der Waals surface area (Å²) in [5.41, 5.74) is 3.80. The van der Waals surface area contributed by atoms with Gasteiger partial charge in [0.2, 0.25) is 0 Å². The zero-order chi connectivity index (χ0) is 13.2. The van der Waals surface area contributed by atoms with E-state index in [-0.39, 0.29) is 0 Å². The Morgan fingerprint density at radius 2 is 2.21 bits per heavy atom. The van der Waals surface area contributed by atoms with Crippen molar-refractivity contribution < 1.29 is 0 Å². The second-order valence-corrected chi connectivity index (χ2v) is 6.88. The lowest BCUT2D eigenvalue weighted by molar-refractivity contribution is 0.963. The summed E-state index contributed by atoms with van der Waals surface area (Å²) in [5, 5.41) is 0. The van der Waals surface area contributed by atoms with Gasteiger partial charge in [0.05, 0.1) is 5.75 Å². The van der Waals surface area contributed by atoms with E-state index in [2.05, 4.69) is 41.2 Å². The van der Waals surface area contributed by atoms with E-state index in [1.54, 1.807) is 0 Å². The van der Waals surface area contributed by atoms with Crippen LogP contribution in [0.15, 0.2) is 29.2 Å². The van der Waals surface area contributed by atoms with Crippen molar-refractivity contribution in [2.24, 2.45) is 0 Å². The van der Waals surface area contributed by atoms with Gasteiger partial charge in [0, 0.05) is 27.7 Å². The Morgan fingerprint density at radius 3 is 3.05 bits per heavy atom. The fourth-order valence-corrected chi connectivity index (χ4v) is 4.42. The summed E-state index contributed by atoms with van der Waals surface area (Å²) in [5.74, 6) is 3.86. The molecular formula is C14H14N2S3. The third kappa shape index (κ3) is 2.88. The lowest BCUT2D eigenvalue weighted by Crippen LogP contribution is -1.99. The third-order valence-corrected chi connectivity index (χ3v) is 5.62. The number of aryl methyl sites for hydroxylation is 1. The standard InChI is InChI=1S/C14H14N2S3/c1-9-4-2-3-5-12(9)19-8-13-15-11-7-18-6-10(11)14(17)16-13/h2-5H,6-8H2,1H3,(H,15,16,17). The minimum atomic E-state index is 0.777. The largest absolute Gasteiger partial charge is 0.345 e. The summed E-state index contributed by atoms with van der Waals surface area (Å²) in [7, 11) is 0. The number of H-pyrrole nitrogens is 1. The lowest BCUT2D eigenvalue weighted by Gasteiger charge is -2.07. The van der Waals surface area contributed by atoms with E-state index in [0.717, 1.165) is 27.7 Å². The van der Waals surface area contributed by atoms with E-state index >= 15 is 0 Å². The van der Waals surface area contributed by atoms with E-state index in [0.29, 0.717) is 0 Å². The molecule has 0 bridgehead atoms. The van der Waals surface area contributed by atoms with Gasteiger partial charge in [-0.2, -0.15) is 11.8 Å². The van der Waals surface area contributed by atoms with Crippen molar-refractivity contribution in [2.45, 2.75) is 29.1 Å². The summed E-state index contributed by atoms with van der Waals surface area (Å²) >= 11 is 9.07. The highest BCUT2D eigenvalue weighted by molar-refractivity contribution is 7.98. The van der Waals surface area contributed by atoms with Crippen LogP contribution in [-0.2, 0) is 17.3 Å². The number of fused-ring (bicyclic) bond motifs is 1. The predicted octanol–water partition coefficient (Wildman–Crippen LogP) is 4.49. The molecule has 2 aromatic rings. The molecule has 1 aliphatic rings. The first-order chi connectivity index (χ1) is 9.24. The molecule has 98 valence electrons. The number of thioether (sulfide) groups is 2. The molecule has 0 saturated heterocycles. The topological polar surface area (TPSA) is 28.7 Å². The molecule has 1 aromatic carbocycles. The van der Waals surface area contributed by atoms with E-state index in [4.69, 9.17) is 12.2 Å². The zero-order valence-electron chi connectivity index (χ0n) is 10.6. The molecule has 2 nitrogen and oxygen atoms in total. The first-order valence-corrected chi connectivity index (χ1v) is 8.66. The number of aromatic amines is 1. The number of aromatic nitrogens is 2. The first kappa shape index (κ1) is 13.2. The van der Waals surface area contributed by atoms with Crippen molar-refractivity contribution in [1.29, 1.82) is 0 Å². The summed E-state index contributed by atoms with van der Waals surface area (Å²) in [6.45, 7) is 2.14. The molecule has 0 unspecified atom stereocenters. The Bertz CT molecular complexity index is 664. The van der Waals surface area contributed by atoms with Crippen LogP contribution >= 0.6 is 35.7 Å². The van der Waals surface area contributed by atoms with Gasteiger partial charge in [-0.05, 0) is 18.6 Å². The van der Waals surface area contributed by atoms with Crippen LogP contribution in [0.2, 0.25) is 0 Å². The maximum absolute atomic E-state index is 5.37. The van der Waals surface area contributed by atoms with Crippen molar-refractivity contribution >= 4 is 35.7 Å². The number of hydrogen-bond acceptors (Lipinski definition) is 4. The fourth-order valence-electron chi connectivity index (χ4n) is 2.06. The van der Waals surface area contributed by atoms with Gasteiger partial charge in [-0.3, -0.25) is 0 Å². The van der Waals surface area contributed by atoms with Gasteiger partial charge in [-0.25, -0.2) is 4.98 Å². The molecule has 0 atom stereocenters. The Kier molecular flexibility index (Phi) is 3.96. The summed E-state index contributed by atoms with van der Waals surface area (Å²) < 4.78 is 0.777. The fraction of sp³-hybridized carbons (Fsp3) is 0.286. The van der Waals surface area contributed by atoms with Crippen LogP contribution < -0.4 is 0 Å². The van der Waals surface area contributed by atoms with Crippen molar-refractivity contribution in [3.8, 4) is 0 Å². The second-order valence-electron chi connectivity index (χ2n) is 4.49. The van der Waals surface area contributed by atoms with Gasteiger partial charge >= 0.3 is 0 Å². The zero-order valence-corrected chi connectivity index (χ0v) is 13.1. The van der Waals surface area contributed by atoms with E-state index in [9.17, 15) is 0 Å². The van der Waals surface area contributed by atoms with Gasteiger partial charge < -0.3 is 4.98 Å². The SMILES string of the molecule is Cc1ccccc1SCc1nc(=S)c2c([nH]1)CSC2. The molecule has 0 fully saturated rings. The number of nitrogens with zero attached hydrogens (tertiary/aromatic N) is 1. The average Bonchev–Trinajstić information content (AvgIpc) is 2.87. The van der Waals surface area contributed by atoms with E-state index in [1.807, 2.05) is 23.5 Å². The van der Waals surface area contributed by atoms with E-state index in [1.165, 1.54) is 21.7 Å². The first-order valence-electron chi connectivity index (χ1n) is 6.11. The van der Waals surface area contributed by atoms with E-state index < -0.39 is 0 Å². The van der Waals surface area contributed by atoms with Crippen molar-refractivity contribution in [3.05, 3.63) is 51.6 Å². The van der Waals surface area contributed by atoms with Crippen LogP contribution in [0.1, 0.15) is 22.6 Å². The molecule has 3 rings (SSSR count). The number of hydrogen-bond donors (Lipinski definition) is 1. The Hall–Kier alpha value is -0.780. The quantitative estimate of drug-likeness (QED) is 0.668. The molecule has 1 N–H and O–H groups in total. The smallest absolute Gasteiger partial charge is 0.134 e. The van der Waals surface area contributed by atoms with Gasteiger partial charge in [0.1, 0.15) is 10.5 Å². The predicted molar refractivity (Wildman–Crippen MR) is 85.2 cm³/mol. The highest BCUT2D eigenvalue weighted by Gasteiger charge is 2.15. The molecule has 1 aliphatic heterocycles.